The van der Waals surface area contributed by atoms with Crippen LogP contribution in [0.3, 0.4) is 0 Å². The molecule has 0 unspecified atom stereocenters. The van der Waals surface area contributed by atoms with Crippen molar-refractivity contribution >= 4 is 5.97 Å². The molecule has 0 aromatic carbocycles. The van der Waals surface area contributed by atoms with Crippen molar-refractivity contribution < 1.29 is 13.9 Å². The first-order chi connectivity index (χ1) is 5.77. The van der Waals surface area contributed by atoms with E-state index in [9.17, 15) is 9.18 Å². The molecule has 0 fully saturated rings. The number of methoxy groups -OCH3 is 1. The topological polar surface area (TPSA) is 57.0 Å². The Hall–Kier alpha value is -1.46. The molecule has 1 rings (SSSR count). The highest BCUT2D eigenvalue weighted by atomic mass is 19.1. The van der Waals surface area contributed by atoms with Crippen LogP contribution in [-0.2, 0) is 11.3 Å². The zero-order valence-electron chi connectivity index (χ0n) is 6.53. The SMILES string of the molecule is COC(=O)c1cn(CCF)nn1. The van der Waals surface area contributed by atoms with Crippen LogP contribution < -0.4 is 0 Å². The Bertz CT molecular complexity index is 274. The van der Waals surface area contributed by atoms with Crippen LogP contribution in [0.2, 0.25) is 0 Å². The molecule has 0 amide bonds. The summed E-state index contributed by atoms with van der Waals surface area (Å²) in [4.78, 5) is 10.8. The highest BCUT2D eigenvalue weighted by Crippen LogP contribution is 1.94. The van der Waals surface area contributed by atoms with Crippen molar-refractivity contribution in [1.82, 2.24) is 15.0 Å². The predicted molar refractivity (Wildman–Crippen MR) is 37.3 cm³/mol. The van der Waals surface area contributed by atoms with E-state index in [1.807, 2.05) is 0 Å². The third-order valence-electron chi connectivity index (χ3n) is 1.25. The highest BCUT2D eigenvalue weighted by molar-refractivity contribution is 5.86. The van der Waals surface area contributed by atoms with E-state index < -0.39 is 12.6 Å². The summed E-state index contributed by atoms with van der Waals surface area (Å²) in [6.07, 6.45) is 1.34. The van der Waals surface area contributed by atoms with Crippen LogP contribution in [0.25, 0.3) is 0 Å². The molecule has 1 aromatic heterocycles. The maximum absolute atomic E-state index is 11.8. The number of halogens is 1. The van der Waals surface area contributed by atoms with Gasteiger partial charge in [0.1, 0.15) is 6.67 Å². The molecule has 0 saturated carbocycles. The maximum atomic E-state index is 11.8. The summed E-state index contributed by atoms with van der Waals surface area (Å²) in [6, 6.07) is 0. The molecule has 0 aliphatic rings. The molecule has 0 saturated heterocycles. The molecule has 6 heteroatoms. The molecule has 0 atom stereocenters. The summed E-state index contributed by atoms with van der Waals surface area (Å²) in [7, 11) is 1.25. The van der Waals surface area contributed by atoms with E-state index in [0.29, 0.717) is 0 Å². The number of carbonyl (C=O) groups excluding carboxylic acids is 1. The first kappa shape index (κ1) is 8.63. The summed E-state index contributed by atoms with van der Waals surface area (Å²) in [5, 5.41) is 6.98. The molecule has 0 bridgehead atoms. The Morgan fingerprint density at radius 1 is 1.83 bits per heavy atom. The second-order valence-corrected chi connectivity index (χ2v) is 2.05. The molecule has 12 heavy (non-hydrogen) atoms. The lowest BCUT2D eigenvalue weighted by atomic mass is 10.5. The van der Waals surface area contributed by atoms with Gasteiger partial charge in [-0.05, 0) is 0 Å². The molecule has 0 radical (unpaired) electrons. The molecular formula is C6H8FN3O2. The van der Waals surface area contributed by atoms with Gasteiger partial charge in [-0.3, -0.25) is 0 Å². The summed E-state index contributed by atoms with van der Waals surface area (Å²) in [6.45, 7) is -0.437. The van der Waals surface area contributed by atoms with Crippen LogP contribution in [0.4, 0.5) is 4.39 Å². The minimum atomic E-state index is -0.569. The van der Waals surface area contributed by atoms with Gasteiger partial charge in [0.15, 0.2) is 5.69 Å². The average molecular weight is 173 g/mol. The van der Waals surface area contributed by atoms with Crippen molar-refractivity contribution in [3.05, 3.63) is 11.9 Å². The van der Waals surface area contributed by atoms with Crippen LogP contribution in [-0.4, -0.2) is 34.7 Å². The zero-order chi connectivity index (χ0) is 8.97. The van der Waals surface area contributed by atoms with Gasteiger partial charge in [0.25, 0.3) is 0 Å². The number of aryl methyl sites for hydroxylation is 1. The molecule has 66 valence electrons. The van der Waals surface area contributed by atoms with Gasteiger partial charge in [-0.15, -0.1) is 5.10 Å². The van der Waals surface area contributed by atoms with Gasteiger partial charge < -0.3 is 4.74 Å². The zero-order valence-corrected chi connectivity index (χ0v) is 6.53. The standard InChI is InChI=1S/C6H8FN3O2/c1-12-6(11)5-4-10(3-2-7)9-8-5/h4H,2-3H2,1H3. The minimum absolute atomic E-state index is 0.0888. The Kier molecular flexibility index (Phi) is 2.73. The number of ether oxygens (including phenoxy) is 1. The van der Waals surface area contributed by atoms with E-state index in [-0.39, 0.29) is 12.2 Å². The largest absolute Gasteiger partial charge is 0.464 e. The third-order valence-corrected chi connectivity index (χ3v) is 1.25. The van der Waals surface area contributed by atoms with Crippen molar-refractivity contribution in [2.45, 2.75) is 6.54 Å². The quantitative estimate of drug-likeness (QED) is 0.605. The van der Waals surface area contributed by atoms with E-state index in [4.69, 9.17) is 0 Å². The van der Waals surface area contributed by atoms with Gasteiger partial charge in [-0.2, -0.15) is 0 Å². The number of esters is 1. The number of aromatic nitrogens is 3. The Labute approximate surface area is 68.1 Å². The van der Waals surface area contributed by atoms with Crippen molar-refractivity contribution in [3.8, 4) is 0 Å². The lowest BCUT2D eigenvalue weighted by Gasteiger charge is -1.91. The molecular weight excluding hydrogens is 165 g/mol. The minimum Gasteiger partial charge on any atom is -0.464 e. The third kappa shape index (κ3) is 1.77. The van der Waals surface area contributed by atoms with Gasteiger partial charge in [0.05, 0.1) is 19.9 Å². The smallest absolute Gasteiger partial charge is 0.360 e. The van der Waals surface area contributed by atoms with Gasteiger partial charge in [-0.1, -0.05) is 5.21 Å². The Morgan fingerprint density at radius 2 is 2.58 bits per heavy atom. The van der Waals surface area contributed by atoms with E-state index in [1.165, 1.54) is 18.0 Å². The lowest BCUT2D eigenvalue weighted by Crippen LogP contribution is -2.01. The van der Waals surface area contributed by atoms with E-state index in [1.54, 1.807) is 0 Å². The van der Waals surface area contributed by atoms with E-state index in [0.717, 1.165) is 0 Å². The first-order valence-electron chi connectivity index (χ1n) is 3.32. The number of rotatable bonds is 3. The fourth-order valence-corrected chi connectivity index (χ4v) is 0.692. The summed E-state index contributed by atoms with van der Waals surface area (Å²) in [5.74, 6) is -0.569. The monoisotopic (exact) mass is 173 g/mol. The van der Waals surface area contributed by atoms with Crippen molar-refractivity contribution in [3.63, 3.8) is 0 Å². The number of carbonyl (C=O) groups is 1. The Morgan fingerprint density at radius 3 is 3.17 bits per heavy atom. The number of hydrogen-bond donors (Lipinski definition) is 0. The second-order valence-electron chi connectivity index (χ2n) is 2.05. The molecule has 0 N–H and O–H groups in total. The molecule has 1 heterocycles. The van der Waals surface area contributed by atoms with Crippen molar-refractivity contribution in [2.24, 2.45) is 0 Å². The summed E-state index contributed by atoms with van der Waals surface area (Å²) < 4.78 is 17.4. The van der Waals surface area contributed by atoms with Crippen molar-refractivity contribution in [2.75, 3.05) is 13.8 Å². The molecule has 0 aliphatic carbocycles. The first-order valence-corrected chi connectivity index (χ1v) is 3.32. The predicted octanol–water partition coefficient (Wildman–Crippen LogP) is 0.0342. The average Bonchev–Trinajstić information content (AvgIpc) is 2.52. The number of nitrogens with zero attached hydrogens (tertiary/aromatic N) is 3. The number of hydrogen-bond acceptors (Lipinski definition) is 4. The molecule has 0 aliphatic heterocycles. The van der Waals surface area contributed by atoms with Gasteiger partial charge in [0, 0.05) is 0 Å². The highest BCUT2D eigenvalue weighted by Gasteiger charge is 2.09. The fourth-order valence-electron chi connectivity index (χ4n) is 0.692. The van der Waals surface area contributed by atoms with Gasteiger partial charge in [-0.25, -0.2) is 13.9 Å². The normalized spacial score (nSPS) is 9.83. The molecule has 5 nitrogen and oxygen atoms in total. The molecule has 0 spiro atoms. The van der Waals surface area contributed by atoms with Gasteiger partial charge in [0.2, 0.25) is 0 Å². The summed E-state index contributed by atoms with van der Waals surface area (Å²) in [5.41, 5.74) is 0.0888. The lowest BCUT2D eigenvalue weighted by molar-refractivity contribution is 0.0594. The van der Waals surface area contributed by atoms with Crippen LogP contribution in [0.1, 0.15) is 10.5 Å². The van der Waals surface area contributed by atoms with Gasteiger partial charge >= 0.3 is 5.97 Å². The van der Waals surface area contributed by atoms with E-state index >= 15 is 0 Å². The maximum Gasteiger partial charge on any atom is 0.360 e. The number of alkyl halides is 1. The summed E-state index contributed by atoms with van der Waals surface area (Å²) >= 11 is 0. The second kappa shape index (κ2) is 3.80. The fraction of sp³-hybridized carbons (Fsp3) is 0.500. The van der Waals surface area contributed by atoms with Crippen LogP contribution in [0.5, 0.6) is 0 Å². The van der Waals surface area contributed by atoms with Crippen LogP contribution >= 0.6 is 0 Å². The van der Waals surface area contributed by atoms with E-state index in [2.05, 4.69) is 15.0 Å². The van der Waals surface area contributed by atoms with Crippen molar-refractivity contribution in [1.29, 1.82) is 0 Å². The Balaban J connectivity index is 2.70. The van der Waals surface area contributed by atoms with Crippen LogP contribution in [0.15, 0.2) is 6.20 Å². The molecule has 1 aromatic rings. The van der Waals surface area contributed by atoms with Crippen LogP contribution in [0, 0.1) is 0 Å².